The van der Waals surface area contributed by atoms with Crippen molar-refractivity contribution in [1.29, 1.82) is 0 Å². The lowest BCUT2D eigenvalue weighted by Gasteiger charge is -2.19. The quantitative estimate of drug-likeness (QED) is 0.658. The fraction of sp³-hybridized carbons (Fsp3) is 0.778. The van der Waals surface area contributed by atoms with Gasteiger partial charge >= 0.3 is 5.97 Å². The van der Waals surface area contributed by atoms with Crippen molar-refractivity contribution in [3.8, 4) is 0 Å². The molecule has 0 aliphatic rings. The van der Waals surface area contributed by atoms with Gasteiger partial charge in [-0.15, -0.1) is 0 Å². The van der Waals surface area contributed by atoms with E-state index >= 15 is 0 Å². The molecule has 0 aromatic rings. The summed E-state index contributed by atoms with van der Waals surface area (Å²) in [6.45, 7) is 4.78. The van der Waals surface area contributed by atoms with Crippen LogP contribution in [0.3, 0.4) is 0 Å². The van der Waals surface area contributed by atoms with Gasteiger partial charge < -0.3 is 9.84 Å². The maximum absolute atomic E-state index is 11.0. The fourth-order valence-corrected chi connectivity index (χ4v) is 0.713. The Hall–Kier alpha value is -0.900. The molecule has 0 saturated carbocycles. The molecule has 0 amide bonds. The summed E-state index contributed by atoms with van der Waals surface area (Å²) >= 11 is 0. The molecule has 0 heterocycles. The molecule has 0 bridgehead atoms. The Morgan fingerprint density at radius 3 is 2.15 bits per heavy atom. The zero-order chi connectivity index (χ0) is 10.5. The van der Waals surface area contributed by atoms with E-state index in [-0.39, 0.29) is 18.6 Å². The average molecular weight is 188 g/mol. The van der Waals surface area contributed by atoms with Gasteiger partial charge in [-0.1, -0.05) is 0 Å². The molecule has 4 nitrogen and oxygen atoms in total. The molecule has 76 valence electrons. The van der Waals surface area contributed by atoms with Crippen molar-refractivity contribution in [3.05, 3.63) is 0 Å². The molecule has 0 rings (SSSR count). The highest BCUT2D eigenvalue weighted by Crippen LogP contribution is 2.08. The molecule has 0 spiro atoms. The Morgan fingerprint density at radius 2 is 1.77 bits per heavy atom. The molecule has 4 heteroatoms. The molecule has 0 fully saturated rings. The number of Topliss-reactive ketones (excluding diaryl/α,β-unsaturated/α-hetero) is 1. The molecule has 0 unspecified atom stereocenters. The van der Waals surface area contributed by atoms with E-state index in [9.17, 15) is 9.59 Å². The minimum absolute atomic E-state index is 0.0384. The first-order valence-corrected chi connectivity index (χ1v) is 4.19. The lowest BCUT2D eigenvalue weighted by Crippen LogP contribution is -2.24. The average Bonchev–Trinajstić information content (AvgIpc) is 1.97. The SMILES string of the molecule is CC(C)(C)OC(=O)CCC(=O)CO. The van der Waals surface area contributed by atoms with Crippen LogP contribution >= 0.6 is 0 Å². The van der Waals surface area contributed by atoms with Gasteiger partial charge in [0.15, 0.2) is 5.78 Å². The lowest BCUT2D eigenvalue weighted by atomic mass is 10.2. The van der Waals surface area contributed by atoms with Crippen LogP contribution in [0.1, 0.15) is 33.6 Å². The van der Waals surface area contributed by atoms with Crippen LogP contribution in [0.4, 0.5) is 0 Å². The third kappa shape index (κ3) is 7.46. The van der Waals surface area contributed by atoms with Crippen molar-refractivity contribution in [1.82, 2.24) is 0 Å². The van der Waals surface area contributed by atoms with Crippen LogP contribution < -0.4 is 0 Å². The van der Waals surface area contributed by atoms with Crippen molar-refractivity contribution >= 4 is 11.8 Å². The van der Waals surface area contributed by atoms with E-state index in [4.69, 9.17) is 9.84 Å². The molecular weight excluding hydrogens is 172 g/mol. The van der Waals surface area contributed by atoms with Gasteiger partial charge in [0, 0.05) is 6.42 Å². The molecule has 0 saturated heterocycles. The zero-order valence-electron chi connectivity index (χ0n) is 8.29. The van der Waals surface area contributed by atoms with E-state index in [1.54, 1.807) is 20.8 Å². The first-order valence-electron chi connectivity index (χ1n) is 4.19. The Labute approximate surface area is 77.9 Å². The van der Waals surface area contributed by atoms with Crippen molar-refractivity contribution in [2.24, 2.45) is 0 Å². The lowest BCUT2D eigenvalue weighted by molar-refractivity contribution is -0.155. The number of carbonyl (C=O) groups excluding carboxylic acids is 2. The monoisotopic (exact) mass is 188 g/mol. The number of ether oxygens (including phenoxy) is 1. The van der Waals surface area contributed by atoms with Gasteiger partial charge in [0.05, 0.1) is 6.42 Å². The molecular formula is C9H16O4. The van der Waals surface area contributed by atoms with Gasteiger partial charge in [0.2, 0.25) is 0 Å². The Bertz CT molecular complexity index is 190. The van der Waals surface area contributed by atoms with Crippen molar-refractivity contribution in [3.63, 3.8) is 0 Å². The number of rotatable bonds is 4. The van der Waals surface area contributed by atoms with Gasteiger partial charge in [-0.2, -0.15) is 0 Å². The van der Waals surface area contributed by atoms with E-state index in [1.807, 2.05) is 0 Å². The fourth-order valence-electron chi connectivity index (χ4n) is 0.713. The van der Waals surface area contributed by atoms with E-state index < -0.39 is 18.2 Å². The number of carbonyl (C=O) groups is 2. The van der Waals surface area contributed by atoms with Crippen molar-refractivity contribution < 1.29 is 19.4 Å². The Morgan fingerprint density at radius 1 is 1.23 bits per heavy atom. The number of hydrogen-bond donors (Lipinski definition) is 1. The first kappa shape index (κ1) is 12.1. The molecule has 0 aliphatic heterocycles. The van der Waals surface area contributed by atoms with E-state index in [2.05, 4.69) is 0 Å². The maximum Gasteiger partial charge on any atom is 0.306 e. The maximum atomic E-state index is 11.0. The van der Waals surface area contributed by atoms with Crippen LogP contribution in [0.5, 0.6) is 0 Å². The highest BCUT2D eigenvalue weighted by molar-refractivity contribution is 5.83. The molecule has 0 aliphatic carbocycles. The third-order valence-corrected chi connectivity index (χ3v) is 1.20. The summed E-state index contributed by atoms with van der Waals surface area (Å²) in [5.41, 5.74) is -0.515. The second kappa shape index (κ2) is 4.97. The van der Waals surface area contributed by atoms with E-state index in [0.717, 1.165) is 0 Å². The number of aliphatic hydroxyl groups is 1. The smallest absolute Gasteiger partial charge is 0.306 e. The summed E-state index contributed by atoms with van der Waals surface area (Å²) in [5, 5.41) is 8.38. The summed E-state index contributed by atoms with van der Waals surface area (Å²) in [6, 6.07) is 0. The Kier molecular flexibility index (Phi) is 4.62. The van der Waals surface area contributed by atoms with Crippen LogP contribution in [0.25, 0.3) is 0 Å². The third-order valence-electron chi connectivity index (χ3n) is 1.20. The normalized spacial score (nSPS) is 11.1. The van der Waals surface area contributed by atoms with Gasteiger partial charge in [0.25, 0.3) is 0 Å². The second-order valence-corrected chi connectivity index (χ2v) is 3.78. The second-order valence-electron chi connectivity index (χ2n) is 3.78. The van der Waals surface area contributed by atoms with Crippen molar-refractivity contribution in [2.45, 2.75) is 39.2 Å². The van der Waals surface area contributed by atoms with Crippen LogP contribution in [0.2, 0.25) is 0 Å². The topological polar surface area (TPSA) is 63.6 Å². The van der Waals surface area contributed by atoms with Crippen LogP contribution in [0.15, 0.2) is 0 Å². The summed E-state index contributed by atoms with van der Waals surface area (Å²) < 4.78 is 4.96. The molecule has 0 atom stereocenters. The first-order chi connectivity index (χ1) is 5.85. The number of aliphatic hydroxyl groups excluding tert-OH is 1. The molecule has 0 radical (unpaired) electrons. The summed E-state index contributed by atoms with van der Waals surface area (Å²) in [7, 11) is 0. The highest BCUT2D eigenvalue weighted by Gasteiger charge is 2.16. The molecule has 13 heavy (non-hydrogen) atoms. The number of esters is 1. The minimum atomic E-state index is -0.515. The predicted molar refractivity (Wildman–Crippen MR) is 47.2 cm³/mol. The van der Waals surface area contributed by atoms with Gasteiger partial charge in [0.1, 0.15) is 12.2 Å². The van der Waals surface area contributed by atoms with Gasteiger partial charge in [-0.05, 0) is 20.8 Å². The largest absolute Gasteiger partial charge is 0.460 e. The molecule has 0 aromatic carbocycles. The number of ketones is 1. The summed E-state index contributed by atoms with van der Waals surface area (Å²) in [5.74, 6) is -0.750. The van der Waals surface area contributed by atoms with Crippen LogP contribution in [-0.2, 0) is 14.3 Å². The molecule has 0 aromatic heterocycles. The standard InChI is InChI=1S/C9H16O4/c1-9(2,3)13-8(12)5-4-7(11)6-10/h10H,4-6H2,1-3H3. The minimum Gasteiger partial charge on any atom is -0.460 e. The molecule has 1 N–H and O–H groups in total. The Balaban J connectivity index is 3.71. The number of hydrogen-bond acceptors (Lipinski definition) is 4. The van der Waals surface area contributed by atoms with Crippen molar-refractivity contribution in [2.75, 3.05) is 6.61 Å². The van der Waals surface area contributed by atoms with Crippen LogP contribution in [-0.4, -0.2) is 29.1 Å². The summed E-state index contributed by atoms with van der Waals surface area (Å²) in [6.07, 6.45) is 0.0854. The summed E-state index contributed by atoms with van der Waals surface area (Å²) in [4.78, 5) is 21.6. The van der Waals surface area contributed by atoms with Gasteiger partial charge in [-0.3, -0.25) is 9.59 Å². The zero-order valence-corrected chi connectivity index (χ0v) is 8.29. The van der Waals surface area contributed by atoms with Crippen LogP contribution in [0, 0.1) is 0 Å². The van der Waals surface area contributed by atoms with E-state index in [1.165, 1.54) is 0 Å². The highest BCUT2D eigenvalue weighted by atomic mass is 16.6. The van der Waals surface area contributed by atoms with E-state index in [0.29, 0.717) is 0 Å². The van der Waals surface area contributed by atoms with Gasteiger partial charge in [-0.25, -0.2) is 0 Å². The predicted octanol–water partition coefficient (Wildman–Crippen LogP) is 0.670.